The minimum absolute atomic E-state index is 0.0710. The Morgan fingerprint density at radius 3 is 2.96 bits per heavy atom. The number of fused-ring (bicyclic) bond motifs is 1. The van der Waals surface area contributed by atoms with Crippen molar-refractivity contribution in [1.29, 1.82) is 0 Å². The molecule has 1 saturated heterocycles. The predicted octanol–water partition coefficient (Wildman–Crippen LogP) is 2.19. The molecule has 0 radical (unpaired) electrons. The molecule has 4 rings (SSSR count). The number of carbonyl (C=O) groups excluding carboxylic acids is 1. The highest BCUT2D eigenvalue weighted by molar-refractivity contribution is 7.09. The van der Waals surface area contributed by atoms with E-state index in [1.54, 1.807) is 42.7 Å². The molecule has 1 atom stereocenters. The zero-order valence-corrected chi connectivity index (χ0v) is 16.0. The van der Waals surface area contributed by atoms with E-state index in [2.05, 4.69) is 26.9 Å². The summed E-state index contributed by atoms with van der Waals surface area (Å²) < 4.78 is 1.84. The summed E-state index contributed by atoms with van der Waals surface area (Å²) in [5, 5.41) is 4.46. The standard InChI is InChI=1S/C18H22N6OS/c1-12-16(26-11-20-12)10-23-7-5-13(9-23)15-4-6-19-17-14(8-21-24(15)17)18(25)22(2)3/h4,6,8,11,13H,5,7,9-10H2,1-3H3/t13-/m0/s1. The number of nitrogens with zero attached hydrogens (tertiary/aromatic N) is 6. The number of thiazole rings is 1. The molecule has 0 saturated carbocycles. The largest absolute Gasteiger partial charge is 0.345 e. The third kappa shape index (κ3) is 2.99. The van der Waals surface area contributed by atoms with Crippen molar-refractivity contribution in [2.45, 2.75) is 25.8 Å². The third-order valence-corrected chi connectivity index (χ3v) is 5.89. The van der Waals surface area contributed by atoms with Crippen molar-refractivity contribution in [3.63, 3.8) is 0 Å². The highest BCUT2D eigenvalue weighted by Crippen LogP contribution is 2.29. The highest BCUT2D eigenvalue weighted by atomic mass is 32.1. The molecule has 1 amide bonds. The van der Waals surface area contributed by atoms with Crippen LogP contribution >= 0.6 is 11.3 Å². The summed E-state index contributed by atoms with van der Waals surface area (Å²) in [5.41, 5.74) is 5.35. The first kappa shape index (κ1) is 17.1. The van der Waals surface area contributed by atoms with Crippen LogP contribution in [0.2, 0.25) is 0 Å². The first-order chi connectivity index (χ1) is 12.5. The van der Waals surface area contributed by atoms with E-state index in [9.17, 15) is 4.79 Å². The number of likely N-dealkylation sites (tertiary alicyclic amines) is 1. The van der Waals surface area contributed by atoms with Gasteiger partial charge in [0.25, 0.3) is 5.91 Å². The molecule has 7 nitrogen and oxygen atoms in total. The summed E-state index contributed by atoms with van der Waals surface area (Å²) >= 11 is 1.72. The minimum atomic E-state index is -0.0710. The Morgan fingerprint density at radius 2 is 2.23 bits per heavy atom. The van der Waals surface area contributed by atoms with Crippen molar-refractivity contribution in [2.75, 3.05) is 27.2 Å². The number of rotatable bonds is 4. The first-order valence-corrected chi connectivity index (χ1v) is 9.58. The Bertz CT molecular complexity index is 946. The maximum Gasteiger partial charge on any atom is 0.258 e. The Hall–Kier alpha value is -2.32. The van der Waals surface area contributed by atoms with Crippen LogP contribution < -0.4 is 0 Å². The third-order valence-electron chi connectivity index (χ3n) is 4.97. The fourth-order valence-corrected chi connectivity index (χ4v) is 4.33. The normalized spacial score (nSPS) is 17.9. The SMILES string of the molecule is Cc1ncsc1CN1CC[C@H](c2ccnc3c(C(=O)N(C)C)cnn23)C1. The Kier molecular flexibility index (Phi) is 4.46. The fraction of sp³-hybridized carbons (Fsp3) is 0.444. The lowest BCUT2D eigenvalue weighted by atomic mass is 10.0. The second-order valence-electron chi connectivity index (χ2n) is 6.94. The molecule has 1 aliphatic heterocycles. The lowest BCUT2D eigenvalue weighted by Crippen LogP contribution is -2.22. The monoisotopic (exact) mass is 370 g/mol. The van der Waals surface area contributed by atoms with E-state index in [0.717, 1.165) is 37.4 Å². The van der Waals surface area contributed by atoms with Crippen molar-refractivity contribution in [2.24, 2.45) is 0 Å². The van der Waals surface area contributed by atoms with Gasteiger partial charge in [-0.05, 0) is 26.0 Å². The van der Waals surface area contributed by atoms with Gasteiger partial charge >= 0.3 is 0 Å². The van der Waals surface area contributed by atoms with Gasteiger partial charge < -0.3 is 4.90 Å². The number of aryl methyl sites for hydroxylation is 1. The molecule has 0 bridgehead atoms. The summed E-state index contributed by atoms with van der Waals surface area (Å²) in [7, 11) is 3.48. The summed E-state index contributed by atoms with van der Waals surface area (Å²) in [6.07, 6.45) is 4.49. The van der Waals surface area contributed by atoms with Gasteiger partial charge in [-0.15, -0.1) is 11.3 Å². The maximum absolute atomic E-state index is 12.3. The molecule has 0 spiro atoms. The van der Waals surface area contributed by atoms with Crippen LogP contribution in [0, 0.1) is 6.92 Å². The van der Waals surface area contributed by atoms with Gasteiger partial charge in [0.15, 0.2) is 5.65 Å². The van der Waals surface area contributed by atoms with E-state index in [1.807, 2.05) is 16.1 Å². The molecule has 136 valence electrons. The number of amides is 1. The Balaban J connectivity index is 1.58. The van der Waals surface area contributed by atoms with Crippen molar-refractivity contribution in [3.05, 3.63) is 45.8 Å². The van der Waals surface area contributed by atoms with E-state index < -0.39 is 0 Å². The van der Waals surface area contributed by atoms with Crippen LogP contribution in [0.4, 0.5) is 0 Å². The average Bonchev–Trinajstić information content (AvgIpc) is 3.35. The molecular formula is C18H22N6OS. The lowest BCUT2D eigenvalue weighted by molar-refractivity contribution is 0.0829. The number of hydrogen-bond donors (Lipinski definition) is 0. The van der Waals surface area contributed by atoms with Crippen LogP contribution in [0.5, 0.6) is 0 Å². The molecule has 26 heavy (non-hydrogen) atoms. The maximum atomic E-state index is 12.3. The molecule has 3 aromatic heterocycles. The zero-order chi connectivity index (χ0) is 18.3. The van der Waals surface area contributed by atoms with Gasteiger partial charge in [-0.25, -0.2) is 14.5 Å². The lowest BCUT2D eigenvalue weighted by Gasteiger charge is -2.16. The van der Waals surface area contributed by atoms with E-state index in [-0.39, 0.29) is 5.91 Å². The van der Waals surface area contributed by atoms with E-state index in [4.69, 9.17) is 0 Å². The summed E-state index contributed by atoms with van der Waals surface area (Å²) in [6.45, 7) is 5.05. The average molecular weight is 370 g/mol. The Labute approximate surface area is 156 Å². The van der Waals surface area contributed by atoms with E-state index in [1.165, 1.54) is 4.88 Å². The van der Waals surface area contributed by atoms with Gasteiger partial charge in [-0.3, -0.25) is 9.69 Å². The summed E-state index contributed by atoms with van der Waals surface area (Å²) in [4.78, 5) is 26.4. The zero-order valence-electron chi connectivity index (χ0n) is 15.2. The number of aromatic nitrogens is 4. The molecule has 4 heterocycles. The quantitative estimate of drug-likeness (QED) is 0.704. The molecule has 1 aliphatic rings. The predicted molar refractivity (Wildman–Crippen MR) is 100 cm³/mol. The number of carbonyl (C=O) groups is 1. The Morgan fingerprint density at radius 1 is 1.38 bits per heavy atom. The van der Waals surface area contributed by atoms with Gasteiger partial charge in [0, 0.05) is 44.2 Å². The van der Waals surface area contributed by atoms with Crippen LogP contribution in [-0.4, -0.2) is 62.5 Å². The smallest absolute Gasteiger partial charge is 0.258 e. The van der Waals surface area contributed by atoms with Crippen LogP contribution in [0.15, 0.2) is 24.0 Å². The van der Waals surface area contributed by atoms with Crippen LogP contribution in [-0.2, 0) is 6.54 Å². The van der Waals surface area contributed by atoms with E-state index in [0.29, 0.717) is 17.1 Å². The van der Waals surface area contributed by atoms with Gasteiger partial charge in [0.1, 0.15) is 5.56 Å². The number of hydrogen-bond acceptors (Lipinski definition) is 6. The molecule has 3 aromatic rings. The van der Waals surface area contributed by atoms with Crippen LogP contribution in [0.25, 0.3) is 5.65 Å². The van der Waals surface area contributed by atoms with Crippen LogP contribution in [0.1, 0.15) is 39.0 Å². The second-order valence-corrected chi connectivity index (χ2v) is 7.88. The summed E-state index contributed by atoms with van der Waals surface area (Å²) in [6, 6.07) is 2.02. The van der Waals surface area contributed by atoms with Crippen LogP contribution in [0.3, 0.4) is 0 Å². The topological polar surface area (TPSA) is 66.6 Å². The van der Waals surface area contributed by atoms with Crippen molar-refractivity contribution in [1.82, 2.24) is 29.4 Å². The minimum Gasteiger partial charge on any atom is -0.345 e. The first-order valence-electron chi connectivity index (χ1n) is 8.70. The molecule has 0 aromatic carbocycles. The fourth-order valence-electron chi connectivity index (χ4n) is 3.51. The molecule has 0 aliphatic carbocycles. The van der Waals surface area contributed by atoms with Crippen molar-refractivity contribution < 1.29 is 4.79 Å². The van der Waals surface area contributed by atoms with Gasteiger partial charge in [0.2, 0.25) is 0 Å². The summed E-state index contributed by atoms with van der Waals surface area (Å²) in [5.74, 6) is 0.314. The molecule has 0 unspecified atom stereocenters. The van der Waals surface area contributed by atoms with Gasteiger partial charge in [0.05, 0.1) is 23.1 Å². The van der Waals surface area contributed by atoms with Crippen molar-refractivity contribution >= 4 is 22.9 Å². The molecular weight excluding hydrogens is 348 g/mol. The van der Waals surface area contributed by atoms with E-state index >= 15 is 0 Å². The highest BCUT2D eigenvalue weighted by Gasteiger charge is 2.27. The van der Waals surface area contributed by atoms with Gasteiger partial charge in [-0.1, -0.05) is 0 Å². The molecule has 8 heteroatoms. The molecule has 0 N–H and O–H groups in total. The van der Waals surface area contributed by atoms with Gasteiger partial charge in [-0.2, -0.15) is 5.10 Å². The second kappa shape index (κ2) is 6.77. The van der Waals surface area contributed by atoms with Crippen molar-refractivity contribution in [3.8, 4) is 0 Å². The molecule has 1 fully saturated rings.